The third kappa shape index (κ3) is 5.09. The van der Waals surface area contributed by atoms with Crippen LogP contribution >= 0.6 is 0 Å². The highest BCUT2D eigenvalue weighted by Gasteiger charge is 2.20. The van der Waals surface area contributed by atoms with Crippen LogP contribution in [0.4, 0.5) is 23.1 Å². The zero-order valence-electron chi connectivity index (χ0n) is 18.8. The van der Waals surface area contributed by atoms with Gasteiger partial charge in [0.25, 0.3) is 0 Å². The van der Waals surface area contributed by atoms with Crippen molar-refractivity contribution in [3.8, 4) is 0 Å². The molecule has 3 heterocycles. The summed E-state index contributed by atoms with van der Waals surface area (Å²) in [6, 6.07) is 11.1. The second kappa shape index (κ2) is 9.76. The zero-order chi connectivity index (χ0) is 22.6. The number of nitrogens with one attached hydrogen (secondary N) is 3. The van der Waals surface area contributed by atoms with Gasteiger partial charge in [-0.15, -0.1) is 0 Å². The minimum absolute atomic E-state index is 0.321. The molecule has 0 unspecified atom stereocenters. The van der Waals surface area contributed by atoms with Gasteiger partial charge in [0.1, 0.15) is 17.8 Å². The number of piperazine rings is 1. The van der Waals surface area contributed by atoms with Crippen LogP contribution in [-0.4, -0.2) is 70.9 Å². The lowest BCUT2D eigenvalue weighted by Gasteiger charge is -2.35. The van der Waals surface area contributed by atoms with E-state index in [0.29, 0.717) is 24.6 Å². The van der Waals surface area contributed by atoms with Gasteiger partial charge in [0, 0.05) is 55.8 Å². The fourth-order valence-corrected chi connectivity index (χ4v) is 4.74. The summed E-state index contributed by atoms with van der Waals surface area (Å²) in [5.74, 6) is 1.42. The summed E-state index contributed by atoms with van der Waals surface area (Å²) in [6.07, 6.45) is 7.09. The van der Waals surface area contributed by atoms with Gasteiger partial charge in [-0.3, -0.25) is 4.90 Å². The molecule has 9 heteroatoms. The maximum atomic E-state index is 10.7. The zero-order valence-corrected chi connectivity index (χ0v) is 18.8. The SMILES string of the molecule is NC1CCC(Nc2nc(Nc3ccc(N4CCN(CC=O)CC4)cc3)nc3[nH]ccc23)CC1. The van der Waals surface area contributed by atoms with E-state index in [1.54, 1.807) is 0 Å². The first kappa shape index (κ1) is 21.7. The molecule has 0 spiro atoms. The molecule has 174 valence electrons. The number of benzene rings is 1. The van der Waals surface area contributed by atoms with Crippen molar-refractivity contribution in [2.75, 3.05) is 48.3 Å². The van der Waals surface area contributed by atoms with Gasteiger partial charge in [0.05, 0.1) is 11.9 Å². The largest absolute Gasteiger partial charge is 0.369 e. The Labute approximate surface area is 193 Å². The second-order valence-electron chi connectivity index (χ2n) is 9.02. The smallest absolute Gasteiger partial charge is 0.231 e. The Morgan fingerprint density at radius 1 is 1.03 bits per heavy atom. The molecule has 2 aliphatic rings. The van der Waals surface area contributed by atoms with Crippen molar-refractivity contribution in [2.24, 2.45) is 5.73 Å². The molecule has 33 heavy (non-hydrogen) atoms. The number of carbonyl (C=O) groups excluding carboxylic acids is 1. The molecule has 0 bridgehead atoms. The molecule has 0 atom stereocenters. The number of hydrogen-bond donors (Lipinski definition) is 4. The number of aromatic nitrogens is 3. The fourth-order valence-electron chi connectivity index (χ4n) is 4.74. The third-order valence-electron chi connectivity index (χ3n) is 6.72. The van der Waals surface area contributed by atoms with Crippen molar-refractivity contribution in [3.63, 3.8) is 0 Å². The van der Waals surface area contributed by atoms with Crippen molar-refractivity contribution < 1.29 is 4.79 Å². The lowest BCUT2D eigenvalue weighted by Crippen LogP contribution is -2.46. The topological polar surface area (TPSA) is 115 Å². The number of hydrogen-bond acceptors (Lipinski definition) is 8. The van der Waals surface area contributed by atoms with E-state index in [-0.39, 0.29) is 0 Å². The summed E-state index contributed by atoms with van der Waals surface area (Å²) >= 11 is 0. The molecule has 1 aliphatic carbocycles. The molecular formula is C24H32N8O. The molecule has 5 N–H and O–H groups in total. The molecule has 1 aromatic carbocycles. The fraction of sp³-hybridized carbons (Fsp3) is 0.458. The number of aromatic amines is 1. The lowest BCUT2D eigenvalue weighted by atomic mass is 9.92. The minimum atomic E-state index is 0.321. The van der Waals surface area contributed by atoms with Gasteiger partial charge in [-0.05, 0) is 56.0 Å². The normalized spacial score (nSPS) is 21.8. The van der Waals surface area contributed by atoms with E-state index in [1.807, 2.05) is 12.3 Å². The number of aldehydes is 1. The summed E-state index contributed by atoms with van der Waals surface area (Å²) in [6.45, 7) is 4.19. The third-order valence-corrected chi connectivity index (χ3v) is 6.72. The van der Waals surface area contributed by atoms with Crippen molar-refractivity contribution >= 4 is 40.5 Å². The van der Waals surface area contributed by atoms with Crippen LogP contribution in [0.15, 0.2) is 36.5 Å². The molecule has 5 rings (SSSR count). The molecule has 2 aromatic heterocycles. The summed E-state index contributed by atoms with van der Waals surface area (Å²) in [5, 5.41) is 7.98. The highest BCUT2D eigenvalue weighted by Crippen LogP contribution is 2.27. The first-order chi connectivity index (χ1) is 16.2. The van der Waals surface area contributed by atoms with Crippen LogP contribution in [0.25, 0.3) is 11.0 Å². The van der Waals surface area contributed by atoms with Crippen LogP contribution < -0.4 is 21.3 Å². The number of nitrogens with zero attached hydrogens (tertiary/aromatic N) is 4. The first-order valence-corrected chi connectivity index (χ1v) is 11.8. The first-order valence-electron chi connectivity index (χ1n) is 11.8. The quantitative estimate of drug-likeness (QED) is 0.408. The number of anilines is 4. The Kier molecular flexibility index (Phi) is 6.41. The van der Waals surface area contributed by atoms with Crippen LogP contribution in [0.3, 0.4) is 0 Å². The summed E-state index contributed by atoms with van der Waals surface area (Å²) in [7, 11) is 0. The summed E-state index contributed by atoms with van der Waals surface area (Å²) < 4.78 is 0. The van der Waals surface area contributed by atoms with E-state index in [1.165, 1.54) is 5.69 Å². The van der Waals surface area contributed by atoms with Crippen molar-refractivity contribution in [1.82, 2.24) is 19.9 Å². The minimum Gasteiger partial charge on any atom is -0.369 e. The predicted octanol–water partition coefficient (Wildman–Crippen LogP) is 2.70. The Bertz CT molecular complexity index is 1070. The van der Waals surface area contributed by atoms with Crippen LogP contribution in [0, 0.1) is 0 Å². The average Bonchev–Trinajstić information content (AvgIpc) is 3.31. The molecule has 2 fully saturated rings. The van der Waals surface area contributed by atoms with Crippen LogP contribution in [0.1, 0.15) is 25.7 Å². The number of carbonyl (C=O) groups is 1. The van der Waals surface area contributed by atoms with Crippen LogP contribution in [0.2, 0.25) is 0 Å². The van der Waals surface area contributed by atoms with Gasteiger partial charge in [0.15, 0.2) is 0 Å². The Morgan fingerprint density at radius 2 is 1.79 bits per heavy atom. The van der Waals surface area contributed by atoms with Crippen molar-refractivity contribution in [2.45, 2.75) is 37.8 Å². The van der Waals surface area contributed by atoms with E-state index >= 15 is 0 Å². The van der Waals surface area contributed by atoms with Gasteiger partial charge >= 0.3 is 0 Å². The molecule has 1 aliphatic heterocycles. The van der Waals surface area contributed by atoms with Gasteiger partial charge < -0.3 is 31.0 Å². The number of nitrogens with two attached hydrogens (primary N) is 1. The van der Waals surface area contributed by atoms with E-state index in [4.69, 9.17) is 10.7 Å². The summed E-state index contributed by atoms with van der Waals surface area (Å²) in [5.41, 5.74) is 9.01. The van der Waals surface area contributed by atoms with Crippen LogP contribution in [0.5, 0.6) is 0 Å². The molecule has 9 nitrogen and oxygen atoms in total. The molecule has 1 saturated heterocycles. The Morgan fingerprint density at radius 3 is 2.52 bits per heavy atom. The van der Waals surface area contributed by atoms with E-state index < -0.39 is 0 Å². The standard InChI is InChI=1S/C24H32N8O/c25-17-1-3-18(4-2-17)27-23-21-9-10-26-22(21)29-24(30-23)28-19-5-7-20(8-6-19)32-13-11-31(12-14-32)15-16-33/h5-10,16-18H,1-4,11-15,25H2,(H3,26,27,28,29,30). The Balaban J connectivity index is 1.27. The second-order valence-corrected chi connectivity index (χ2v) is 9.02. The lowest BCUT2D eigenvalue weighted by molar-refractivity contribution is -0.108. The average molecular weight is 449 g/mol. The molecule has 1 saturated carbocycles. The molecule has 3 aromatic rings. The maximum absolute atomic E-state index is 10.7. The van der Waals surface area contributed by atoms with Crippen molar-refractivity contribution in [1.29, 1.82) is 0 Å². The van der Waals surface area contributed by atoms with Crippen LogP contribution in [-0.2, 0) is 4.79 Å². The maximum Gasteiger partial charge on any atom is 0.231 e. The van der Waals surface area contributed by atoms with Gasteiger partial charge in [-0.1, -0.05) is 0 Å². The monoisotopic (exact) mass is 448 g/mol. The molecule has 0 radical (unpaired) electrons. The van der Waals surface area contributed by atoms with Gasteiger partial charge in [-0.2, -0.15) is 9.97 Å². The highest BCUT2D eigenvalue weighted by atomic mass is 16.1. The highest BCUT2D eigenvalue weighted by molar-refractivity contribution is 5.88. The van der Waals surface area contributed by atoms with E-state index in [9.17, 15) is 4.79 Å². The van der Waals surface area contributed by atoms with E-state index in [0.717, 1.165) is 80.7 Å². The van der Waals surface area contributed by atoms with Gasteiger partial charge in [-0.25, -0.2) is 0 Å². The van der Waals surface area contributed by atoms with Gasteiger partial charge in [0.2, 0.25) is 5.95 Å². The van der Waals surface area contributed by atoms with Crippen molar-refractivity contribution in [3.05, 3.63) is 36.5 Å². The van der Waals surface area contributed by atoms with E-state index in [2.05, 4.69) is 54.7 Å². The number of rotatable bonds is 7. The Hall–Kier alpha value is -3.17. The number of fused-ring (bicyclic) bond motifs is 1. The molecule has 0 amide bonds. The summed E-state index contributed by atoms with van der Waals surface area (Å²) in [4.78, 5) is 27.9. The predicted molar refractivity (Wildman–Crippen MR) is 132 cm³/mol. The number of H-pyrrole nitrogens is 1. The molecular weight excluding hydrogens is 416 g/mol.